The maximum Gasteiger partial charge on any atom is 0.339 e. The number of hydrogen-bond donors (Lipinski definition) is 2. The van der Waals surface area contributed by atoms with Crippen LogP contribution in [0.25, 0.3) is 0 Å². The third kappa shape index (κ3) is 5.81. The molecule has 0 unspecified atom stereocenters. The smallest absolute Gasteiger partial charge is 0.339 e. The predicted molar refractivity (Wildman–Crippen MR) is 94.6 cm³/mol. The third-order valence-corrected chi connectivity index (χ3v) is 3.57. The zero-order valence-corrected chi connectivity index (χ0v) is 14.8. The van der Waals surface area contributed by atoms with E-state index in [0.717, 1.165) is 11.6 Å². The largest absolute Gasteiger partial charge is 0.494 e. The number of amides is 3. The Labute approximate surface area is 155 Å². The van der Waals surface area contributed by atoms with Crippen LogP contribution in [0, 0.1) is 5.82 Å². The van der Waals surface area contributed by atoms with Gasteiger partial charge >= 0.3 is 12.0 Å². The van der Waals surface area contributed by atoms with Crippen molar-refractivity contribution in [1.29, 1.82) is 0 Å². The van der Waals surface area contributed by atoms with Gasteiger partial charge in [0.2, 0.25) is 0 Å². The van der Waals surface area contributed by atoms with Gasteiger partial charge in [-0.05, 0) is 30.7 Å². The van der Waals surface area contributed by atoms with Crippen molar-refractivity contribution in [2.24, 2.45) is 0 Å². The van der Waals surface area contributed by atoms with Crippen LogP contribution in [0.15, 0.2) is 48.5 Å². The molecule has 0 aliphatic heterocycles. The van der Waals surface area contributed by atoms with E-state index in [1.165, 1.54) is 26.2 Å². The van der Waals surface area contributed by atoms with E-state index in [1.807, 2.05) is 30.3 Å². The molecule has 0 saturated heterocycles. The highest BCUT2D eigenvalue weighted by Gasteiger charge is 2.21. The zero-order chi connectivity index (χ0) is 19.8. The third-order valence-electron chi connectivity index (χ3n) is 3.57. The highest BCUT2D eigenvalue weighted by atomic mass is 19.1. The Morgan fingerprint density at radius 3 is 2.44 bits per heavy atom. The molecule has 0 heterocycles. The summed E-state index contributed by atoms with van der Waals surface area (Å²) in [4.78, 5) is 35.7. The first-order chi connectivity index (χ1) is 12.9. The summed E-state index contributed by atoms with van der Waals surface area (Å²) < 4.78 is 23.4. The molecule has 0 radical (unpaired) electrons. The maximum atomic E-state index is 13.6. The van der Waals surface area contributed by atoms with E-state index in [-0.39, 0.29) is 17.9 Å². The molecule has 0 spiro atoms. The van der Waals surface area contributed by atoms with Crippen LogP contribution < -0.4 is 15.4 Å². The molecule has 2 rings (SSSR count). The van der Waals surface area contributed by atoms with E-state index in [2.05, 4.69) is 10.6 Å². The van der Waals surface area contributed by atoms with Crippen molar-refractivity contribution in [2.45, 2.75) is 19.6 Å². The molecule has 0 aliphatic carbocycles. The minimum absolute atomic E-state index is 0.0209. The monoisotopic (exact) mass is 374 g/mol. The summed E-state index contributed by atoms with van der Waals surface area (Å²) in [6, 6.07) is 11.9. The summed E-state index contributed by atoms with van der Waals surface area (Å²) in [6.45, 7) is 1.54. The van der Waals surface area contributed by atoms with E-state index in [9.17, 15) is 18.8 Å². The number of benzene rings is 2. The number of nitrogens with one attached hydrogen (secondary N) is 2. The van der Waals surface area contributed by atoms with E-state index in [4.69, 9.17) is 9.47 Å². The van der Waals surface area contributed by atoms with Crippen LogP contribution in [-0.4, -0.2) is 31.1 Å². The number of ether oxygens (including phenoxy) is 2. The summed E-state index contributed by atoms with van der Waals surface area (Å²) in [5.41, 5.74) is 0.780. The number of imide groups is 1. The van der Waals surface area contributed by atoms with Gasteiger partial charge in [0, 0.05) is 6.54 Å². The Hall–Kier alpha value is -3.42. The van der Waals surface area contributed by atoms with E-state index in [1.54, 1.807) is 0 Å². The fourth-order valence-corrected chi connectivity index (χ4v) is 2.11. The lowest BCUT2D eigenvalue weighted by atomic mass is 10.2. The molecule has 0 aliphatic rings. The van der Waals surface area contributed by atoms with E-state index < -0.39 is 29.8 Å². The molecule has 2 aromatic carbocycles. The topological polar surface area (TPSA) is 93.7 Å². The van der Waals surface area contributed by atoms with Gasteiger partial charge in [-0.2, -0.15) is 0 Å². The number of urea groups is 1. The fraction of sp³-hybridized carbons (Fsp3) is 0.211. The number of halogens is 1. The average molecular weight is 374 g/mol. The van der Waals surface area contributed by atoms with E-state index in [0.29, 0.717) is 0 Å². The van der Waals surface area contributed by atoms with Crippen molar-refractivity contribution in [3.05, 3.63) is 65.5 Å². The Morgan fingerprint density at radius 2 is 1.81 bits per heavy atom. The van der Waals surface area contributed by atoms with Crippen LogP contribution in [0.1, 0.15) is 22.8 Å². The van der Waals surface area contributed by atoms with Crippen molar-refractivity contribution in [3.8, 4) is 5.75 Å². The lowest BCUT2D eigenvalue weighted by Crippen LogP contribution is -2.44. The molecular formula is C19H19FN2O5. The minimum Gasteiger partial charge on any atom is -0.494 e. The van der Waals surface area contributed by atoms with Crippen LogP contribution >= 0.6 is 0 Å². The molecule has 2 aromatic rings. The highest BCUT2D eigenvalue weighted by molar-refractivity contribution is 5.98. The molecule has 2 N–H and O–H groups in total. The SMILES string of the molecule is COc1ccc(C(=O)O[C@H](C)C(=O)NC(=O)NCc2ccccc2)cc1F. The molecule has 3 amide bonds. The number of hydrogen-bond acceptors (Lipinski definition) is 5. The fourth-order valence-electron chi connectivity index (χ4n) is 2.11. The second kappa shape index (κ2) is 9.33. The minimum atomic E-state index is -1.25. The molecule has 0 bridgehead atoms. The van der Waals surface area contributed by atoms with Crippen molar-refractivity contribution in [3.63, 3.8) is 0 Å². The molecule has 142 valence electrons. The Bertz CT molecular complexity index is 826. The van der Waals surface area contributed by atoms with Crippen molar-refractivity contribution in [2.75, 3.05) is 7.11 Å². The highest BCUT2D eigenvalue weighted by Crippen LogP contribution is 2.18. The number of esters is 1. The Kier molecular flexibility index (Phi) is 6.87. The van der Waals surface area contributed by atoms with Crippen molar-refractivity contribution >= 4 is 17.9 Å². The van der Waals surface area contributed by atoms with Gasteiger partial charge in [-0.15, -0.1) is 0 Å². The van der Waals surface area contributed by atoms with Gasteiger partial charge in [0.15, 0.2) is 17.7 Å². The maximum absolute atomic E-state index is 13.6. The number of carbonyl (C=O) groups excluding carboxylic acids is 3. The van der Waals surface area contributed by atoms with Gasteiger partial charge in [-0.1, -0.05) is 30.3 Å². The molecule has 0 saturated carbocycles. The molecule has 27 heavy (non-hydrogen) atoms. The number of carbonyl (C=O) groups is 3. The summed E-state index contributed by atoms with van der Waals surface area (Å²) in [5, 5.41) is 4.59. The normalized spacial score (nSPS) is 11.2. The van der Waals surface area contributed by atoms with Crippen LogP contribution in [0.5, 0.6) is 5.75 Å². The number of methoxy groups -OCH3 is 1. The molecule has 0 fully saturated rings. The summed E-state index contributed by atoms with van der Waals surface area (Å²) >= 11 is 0. The molecular weight excluding hydrogens is 355 g/mol. The molecule has 8 heteroatoms. The first-order valence-electron chi connectivity index (χ1n) is 8.08. The van der Waals surface area contributed by atoms with Gasteiger partial charge in [0.25, 0.3) is 5.91 Å². The van der Waals surface area contributed by atoms with Crippen LogP contribution in [0.3, 0.4) is 0 Å². The average Bonchev–Trinajstić information content (AvgIpc) is 2.67. The Morgan fingerprint density at radius 1 is 1.11 bits per heavy atom. The van der Waals surface area contributed by atoms with Gasteiger partial charge in [-0.25, -0.2) is 14.0 Å². The standard InChI is InChI=1S/C19H19FN2O5/c1-12(27-18(24)14-8-9-16(26-2)15(20)10-14)17(23)22-19(25)21-11-13-6-4-3-5-7-13/h3-10,12H,11H2,1-2H3,(H2,21,22,23,25)/t12-/m1/s1. The van der Waals surface area contributed by atoms with Gasteiger partial charge in [-0.3, -0.25) is 10.1 Å². The summed E-state index contributed by atoms with van der Waals surface area (Å²) in [6.07, 6.45) is -1.25. The van der Waals surface area contributed by atoms with Gasteiger partial charge in [0.1, 0.15) is 0 Å². The predicted octanol–water partition coefficient (Wildman–Crippen LogP) is 2.41. The van der Waals surface area contributed by atoms with Crippen LogP contribution in [0.4, 0.5) is 9.18 Å². The Balaban J connectivity index is 1.84. The summed E-state index contributed by atoms with van der Waals surface area (Å²) in [5.74, 6) is -2.46. The lowest BCUT2D eigenvalue weighted by molar-refractivity contribution is -0.127. The first-order valence-corrected chi connectivity index (χ1v) is 8.08. The second-order valence-electron chi connectivity index (χ2n) is 5.55. The van der Waals surface area contributed by atoms with Crippen molar-refractivity contribution < 1.29 is 28.2 Å². The molecule has 1 atom stereocenters. The summed E-state index contributed by atoms with van der Waals surface area (Å²) in [7, 11) is 1.30. The zero-order valence-electron chi connectivity index (χ0n) is 14.8. The van der Waals surface area contributed by atoms with Gasteiger partial charge in [0.05, 0.1) is 12.7 Å². The molecule has 7 nitrogen and oxygen atoms in total. The van der Waals surface area contributed by atoms with Crippen molar-refractivity contribution in [1.82, 2.24) is 10.6 Å². The lowest BCUT2D eigenvalue weighted by Gasteiger charge is -2.13. The first kappa shape index (κ1) is 19.9. The van der Waals surface area contributed by atoms with Crippen LogP contribution in [-0.2, 0) is 16.1 Å². The quantitative estimate of drug-likeness (QED) is 0.758. The second-order valence-corrected chi connectivity index (χ2v) is 5.55. The van der Waals surface area contributed by atoms with Crippen LogP contribution in [0.2, 0.25) is 0 Å². The number of rotatable bonds is 6. The van der Waals surface area contributed by atoms with Gasteiger partial charge < -0.3 is 14.8 Å². The molecule has 0 aromatic heterocycles. The van der Waals surface area contributed by atoms with E-state index >= 15 is 0 Å².